The second-order valence-corrected chi connectivity index (χ2v) is 5.75. The number of halogens is 1. The van der Waals surface area contributed by atoms with E-state index in [4.69, 9.17) is 0 Å². The van der Waals surface area contributed by atoms with E-state index in [1.165, 1.54) is 0 Å². The van der Waals surface area contributed by atoms with Crippen molar-refractivity contribution < 1.29 is 9.90 Å². The Balaban J connectivity index is 2.11. The minimum Gasteiger partial charge on any atom is -0.393 e. The van der Waals surface area contributed by atoms with Crippen molar-refractivity contribution in [3.63, 3.8) is 0 Å². The van der Waals surface area contributed by atoms with E-state index < -0.39 is 0 Å². The topological polar surface area (TPSA) is 40.5 Å². The maximum Gasteiger partial charge on any atom is 0.236 e. The lowest BCUT2D eigenvalue weighted by Gasteiger charge is -2.37. The first-order chi connectivity index (χ1) is 6.59. The van der Waals surface area contributed by atoms with Crippen molar-refractivity contribution in [2.24, 2.45) is 0 Å². The Hall–Kier alpha value is -0.0900. The van der Waals surface area contributed by atoms with Crippen molar-refractivity contribution in [1.29, 1.82) is 0 Å². The van der Waals surface area contributed by atoms with Gasteiger partial charge in [0.25, 0.3) is 0 Å². The third kappa shape index (κ3) is 1.70. The van der Waals surface area contributed by atoms with Gasteiger partial charge in [-0.2, -0.15) is 0 Å². The molecule has 4 heteroatoms. The zero-order valence-corrected chi connectivity index (χ0v) is 9.90. The molecule has 0 spiro atoms. The van der Waals surface area contributed by atoms with Gasteiger partial charge in [-0.1, -0.05) is 15.9 Å². The van der Waals surface area contributed by atoms with Gasteiger partial charge in [-0.05, 0) is 32.6 Å². The molecule has 2 rings (SSSR count). The second-order valence-electron chi connectivity index (χ2n) is 4.37. The molecule has 1 amide bonds. The van der Waals surface area contributed by atoms with Gasteiger partial charge in [0.05, 0.1) is 10.9 Å². The van der Waals surface area contributed by atoms with E-state index >= 15 is 0 Å². The molecule has 0 aromatic heterocycles. The molecule has 14 heavy (non-hydrogen) atoms. The summed E-state index contributed by atoms with van der Waals surface area (Å²) in [6, 6.07) is 0.576. The van der Waals surface area contributed by atoms with Crippen LogP contribution in [0.3, 0.4) is 0 Å². The number of carbonyl (C=O) groups excluding carboxylic acids is 1. The highest BCUT2D eigenvalue weighted by Gasteiger charge is 2.43. The molecule has 0 aliphatic carbocycles. The smallest absolute Gasteiger partial charge is 0.236 e. The molecule has 3 atom stereocenters. The molecule has 2 saturated heterocycles. The van der Waals surface area contributed by atoms with Gasteiger partial charge in [-0.15, -0.1) is 0 Å². The van der Waals surface area contributed by atoms with Gasteiger partial charge in [0.1, 0.15) is 0 Å². The number of hydrogen-bond donors (Lipinski definition) is 1. The van der Waals surface area contributed by atoms with E-state index in [2.05, 4.69) is 15.9 Å². The van der Waals surface area contributed by atoms with E-state index in [-0.39, 0.29) is 28.9 Å². The SMILES string of the molecule is CC(Br)C(=O)N1C2CCC1CC(O)C2. The molecule has 2 fully saturated rings. The summed E-state index contributed by atoms with van der Waals surface area (Å²) in [6.45, 7) is 1.87. The normalized spacial score (nSPS) is 38.5. The van der Waals surface area contributed by atoms with E-state index in [9.17, 15) is 9.90 Å². The highest BCUT2D eigenvalue weighted by atomic mass is 79.9. The molecule has 2 bridgehead atoms. The Morgan fingerprint density at radius 3 is 2.36 bits per heavy atom. The summed E-state index contributed by atoms with van der Waals surface area (Å²) in [4.78, 5) is 13.8. The third-order valence-corrected chi connectivity index (χ3v) is 3.69. The lowest BCUT2D eigenvalue weighted by Crippen LogP contribution is -2.50. The van der Waals surface area contributed by atoms with Crippen LogP contribution in [0.25, 0.3) is 0 Å². The van der Waals surface area contributed by atoms with Crippen LogP contribution in [0.1, 0.15) is 32.6 Å². The van der Waals surface area contributed by atoms with Crippen LogP contribution in [0.4, 0.5) is 0 Å². The first-order valence-corrected chi connectivity index (χ1v) is 6.15. The summed E-state index contributed by atoms with van der Waals surface area (Å²) in [5.74, 6) is 0.185. The second kappa shape index (κ2) is 3.81. The van der Waals surface area contributed by atoms with Crippen LogP contribution >= 0.6 is 15.9 Å². The average molecular weight is 262 g/mol. The zero-order valence-electron chi connectivity index (χ0n) is 8.32. The molecule has 2 aliphatic rings. The predicted molar refractivity (Wildman–Crippen MR) is 57.3 cm³/mol. The lowest BCUT2D eigenvalue weighted by molar-refractivity contribution is -0.136. The number of fused-ring (bicyclic) bond motifs is 2. The molecule has 0 aromatic carbocycles. The number of alkyl halides is 1. The van der Waals surface area contributed by atoms with Crippen LogP contribution < -0.4 is 0 Å². The summed E-state index contributed by atoms with van der Waals surface area (Å²) in [6.07, 6.45) is 3.46. The summed E-state index contributed by atoms with van der Waals surface area (Å²) < 4.78 is 0. The Morgan fingerprint density at radius 1 is 1.43 bits per heavy atom. The van der Waals surface area contributed by atoms with Crippen LogP contribution in [0.5, 0.6) is 0 Å². The van der Waals surface area contributed by atoms with E-state index in [0.717, 1.165) is 25.7 Å². The number of piperidine rings is 1. The molecular weight excluding hydrogens is 246 g/mol. The fourth-order valence-corrected chi connectivity index (χ4v) is 2.95. The molecule has 2 aliphatic heterocycles. The van der Waals surface area contributed by atoms with E-state index in [1.807, 2.05) is 11.8 Å². The fraction of sp³-hybridized carbons (Fsp3) is 0.900. The molecule has 1 N–H and O–H groups in total. The highest BCUT2D eigenvalue weighted by Crippen LogP contribution is 2.36. The fourth-order valence-electron chi connectivity index (χ4n) is 2.71. The Labute approximate surface area is 92.6 Å². The van der Waals surface area contributed by atoms with Crippen LogP contribution in [0.2, 0.25) is 0 Å². The lowest BCUT2D eigenvalue weighted by atomic mass is 9.99. The first kappa shape index (κ1) is 10.4. The summed E-state index contributed by atoms with van der Waals surface area (Å²) >= 11 is 3.32. The molecular formula is C10H16BrNO2. The van der Waals surface area contributed by atoms with Gasteiger partial charge < -0.3 is 10.0 Å². The average Bonchev–Trinajstić information content (AvgIpc) is 2.37. The van der Waals surface area contributed by atoms with Crippen LogP contribution in [0, 0.1) is 0 Å². The van der Waals surface area contributed by atoms with E-state index in [1.54, 1.807) is 0 Å². The van der Waals surface area contributed by atoms with E-state index in [0.29, 0.717) is 0 Å². The van der Waals surface area contributed by atoms with Gasteiger partial charge in [0.2, 0.25) is 5.91 Å². The van der Waals surface area contributed by atoms with Gasteiger partial charge >= 0.3 is 0 Å². The van der Waals surface area contributed by atoms with Crippen molar-refractivity contribution in [2.75, 3.05) is 0 Å². The maximum atomic E-state index is 11.9. The molecule has 80 valence electrons. The molecule has 2 heterocycles. The van der Waals surface area contributed by atoms with Crippen molar-refractivity contribution in [3.05, 3.63) is 0 Å². The van der Waals surface area contributed by atoms with Crippen molar-refractivity contribution >= 4 is 21.8 Å². The summed E-state index contributed by atoms with van der Waals surface area (Å²) in [5, 5.41) is 9.58. The van der Waals surface area contributed by atoms with Crippen LogP contribution in [-0.2, 0) is 4.79 Å². The van der Waals surface area contributed by atoms with Crippen LogP contribution in [0.15, 0.2) is 0 Å². The largest absolute Gasteiger partial charge is 0.393 e. The highest BCUT2D eigenvalue weighted by molar-refractivity contribution is 9.10. The Morgan fingerprint density at radius 2 is 1.93 bits per heavy atom. The molecule has 3 unspecified atom stereocenters. The number of rotatable bonds is 1. The number of carbonyl (C=O) groups is 1. The van der Waals surface area contributed by atoms with Gasteiger partial charge in [0.15, 0.2) is 0 Å². The van der Waals surface area contributed by atoms with Crippen molar-refractivity contribution in [1.82, 2.24) is 4.90 Å². The third-order valence-electron chi connectivity index (χ3n) is 3.30. The molecule has 3 nitrogen and oxygen atoms in total. The summed E-state index contributed by atoms with van der Waals surface area (Å²) in [5.41, 5.74) is 0. The number of nitrogens with zero attached hydrogens (tertiary/aromatic N) is 1. The standard InChI is InChI=1S/C10H16BrNO2/c1-6(11)10(14)12-7-2-3-8(12)5-9(13)4-7/h6-9,13H,2-5H2,1H3. The van der Waals surface area contributed by atoms with Gasteiger partial charge in [-0.3, -0.25) is 4.79 Å². The zero-order chi connectivity index (χ0) is 10.3. The van der Waals surface area contributed by atoms with Crippen molar-refractivity contribution in [3.8, 4) is 0 Å². The summed E-state index contributed by atoms with van der Waals surface area (Å²) in [7, 11) is 0. The Bertz CT molecular complexity index is 230. The van der Waals surface area contributed by atoms with Gasteiger partial charge in [0, 0.05) is 12.1 Å². The molecule has 0 saturated carbocycles. The number of aliphatic hydroxyl groups is 1. The maximum absolute atomic E-state index is 11.9. The molecule has 0 aromatic rings. The Kier molecular flexibility index (Phi) is 2.84. The van der Waals surface area contributed by atoms with Crippen molar-refractivity contribution in [2.45, 2.75) is 55.6 Å². The number of amides is 1. The number of aliphatic hydroxyl groups excluding tert-OH is 1. The minimum absolute atomic E-state index is 0.0964. The number of hydrogen-bond acceptors (Lipinski definition) is 2. The quantitative estimate of drug-likeness (QED) is 0.723. The van der Waals surface area contributed by atoms with Gasteiger partial charge in [-0.25, -0.2) is 0 Å². The molecule has 0 radical (unpaired) electrons. The van der Waals surface area contributed by atoms with Crippen LogP contribution in [-0.4, -0.2) is 38.9 Å². The predicted octanol–water partition coefficient (Wildman–Crippen LogP) is 1.28. The minimum atomic E-state index is -0.192. The monoisotopic (exact) mass is 261 g/mol. The first-order valence-electron chi connectivity index (χ1n) is 5.24.